The first-order valence-corrected chi connectivity index (χ1v) is 8.76. The lowest BCUT2D eigenvalue weighted by molar-refractivity contribution is -0.126. The van der Waals surface area contributed by atoms with Gasteiger partial charge in [0, 0.05) is 50.0 Å². The normalized spacial score (nSPS) is 22.8. The third-order valence-electron chi connectivity index (χ3n) is 5.16. The minimum absolute atomic E-state index is 0.0581. The molecule has 2 fully saturated rings. The van der Waals surface area contributed by atoms with Crippen LogP contribution in [0.2, 0.25) is 0 Å². The van der Waals surface area contributed by atoms with E-state index in [1.807, 2.05) is 17.7 Å². The van der Waals surface area contributed by atoms with Crippen LogP contribution in [0.25, 0.3) is 0 Å². The van der Waals surface area contributed by atoms with E-state index in [0.717, 1.165) is 45.7 Å². The van der Waals surface area contributed by atoms with E-state index in [4.69, 9.17) is 4.74 Å². The smallest absolute Gasteiger partial charge is 0.222 e. The molecule has 1 atom stereocenters. The second kappa shape index (κ2) is 7.45. The molecule has 2 aliphatic rings. The van der Waals surface area contributed by atoms with Gasteiger partial charge in [-0.15, -0.1) is 0 Å². The van der Waals surface area contributed by atoms with Crippen molar-refractivity contribution in [3.8, 4) is 0 Å². The Morgan fingerprint density at radius 2 is 2.09 bits per heavy atom. The number of rotatable bonds is 6. The largest absolute Gasteiger partial charge is 0.379 e. The van der Waals surface area contributed by atoms with E-state index < -0.39 is 0 Å². The maximum absolute atomic E-state index is 12.6. The van der Waals surface area contributed by atoms with E-state index in [2.05, 4.69) is 15.2 Å². The van der Waals surface area contributed by atoms with Gasteiger partial charge in [-0.3, -0.25) is 9.69 Å². The molecule has 0 aromatic carbocycles. The average Bonchev–Trinajstić information content (AvgIpc) is 3.20. The van der Waals surface area contributed by atoms with Gasteiger partial charge in [-0.05, 0) is 19.8 Å². The van der Waals surface area contributed by atoms with Gasteiger partial charge in [0.1, 0.15) is 0 Å². The Morgan fingerprint density at radius 3 is 2.74 bits per heavy atom. The van der Waals surface area contributed by atoms with Crippen LogP contribution in [0.5, 0.6) is 0 Å². The van der Waals surface area contributed by atoms with Gasteiger partial charge in [-0.1, -0.05) is 12.8 Å². The summed E-state index contributed by atoms with van der Waals surface area (Å²) in [7, 11) is 0. The Bertz CT molecular complexity index is 491. The molecule has 1 saturated carbocycles. The van der Waals surface area contributed by atoms with Crippen LogP contribution in [0.1, 0.15) is 39.0 Å². The first kappa shape index (κ1) is 16.5. The molecule has 23 heavy (non-hydrogen) atoms. The summed E-state index contributed by atoms with van der Waals surface area (Å²) >= 11 is 0. The van der Waals surface area contributed by atoms with Gasteiger partial charge in [-0.25, -0.2) is 4.98 Å². The summed E-state index contributed by atoms with van der Waals surface area (Å²) in [4.78, 5) is 19.1. The number of hydrogen-bond donors (Lipinski definition) is 1. The predicted octanol–water partition coefficient (Wildman–Crippen LogP) is 1.42. The number of aromatic nitrogens is 2. The molecule has 1 saturated heterocycles. The second-order valence-electron chi connectivity index (χ2n) is 6.94. The zero-order valence-electron chi connectivity index (χ0n) is 14.0. The third kappa shape index (κ3) is 4.12. The van der Waals surface area contributed by atoms with Crippen LogP contribution in [0, 0.1) is 0 Å². The molecule has 1 aliphatic carbocycles. The molecule has 128 valence electrons. The molecule has 1 aliphatic heterocycles. The quantitative estimate of drug-likeness (QED) is 0.861. The van der Waals surface area contributed by atoms with Crippen molar-refractivity contribution in [2.45, 2.75) is 57.2 Å². The lowest BCUT2D eigenvalue weighted by Gasteiger charge is -2.43. The van der Waals surface area contributed by atoms with E-state index in [1.54, 1.807) is 12.5 Å². The number of imidazole rings is 1. The van der Waals surface area contributed by atoms with Crippen LogP contribution in [0.4, 0.5) is 0 Å². The summed E-state index contributed by atoms with van der Waals surface area (Å²) in [5.74, 6) is 0.172. The molecule has 0 bridgehead atoms. The Hall–Kier alpha value is -1.40. The minimum Gasteiger partial charge on any atom is -0.379 e. The first-order valence-electron chi connectivity index (χ1n) is 8.76. The Kier molecular flexibility index (Phi) is 5.33. The molecule has 0 spiro atoms. The summed E-state index contributed by atoms with van der Waals surface area (Å²) in [5, 5.41) is 3.16. The first-order chi connectivity index (χ1) is 11.2. The van der Waals surface area contributed by atoms with Crippen molar-refractivity contribution in [1.82, 2.24) is 19.8 Å². The second-order valence-corrected chi connectivity index (χ2v) is 6.94. The molecule has 1 aromatic heterocycles. The van der Waals surface area contributed by atoms with E-state index in [1.165, 1.54) is 12.8 Å². The van der Waals surface area contributed by atoms with Crippen molar-refractivity contribution in [2.75, 3.05) is 26.3 Å². The maximum atomic E-state index is 12.6. The fourth-order valence-corrected chi connectivity index (χ4v) is 4.06. The zero-order valence-corrected chi connectivity index (χ0v) is 14.0. The summed E-state index contributed by atoms with van der Waals surface area (Å²) < 4.78 is 7.48. The lowest BCUT2D eigenvalue weighted by Crippen LogP contribution is -2.54. The maximum Gasteiger partial charge on any atom is 0.222 e. The molecule has 1 N–H and O–H groups in total. The van der Waals surface area contributed by atoms with Gasteiger partial charge in [-0.2, -0.15) is 0 Å². The average molecular weight is 320 g/mol. The van der Waals surface area contributed by atoms with Gasteiger partial charge >= 0.3 is 0 Å². The van der Waals surface area contributed by atoms with Crippen molar-refractivity contribution >= 4 is 5.91 Å². The Morgan fingerprint density at radius 1 is 1.35 bits per heavy atom. The fourth-order valence-electron chi connectivity index (χ4n) is 4.06. The minimum atomic E-state index is 0.0581. The highest BCUT2D eigenvalue weighted by Crippen LogP contribution is 2.38. The van der Waals surface area contributed by atoms with Gasteiger partial charge in [0.2, 0.25) is 5.91 Å². The van der Waals surface area contributed by atoms with Crippen molar-refractivity contribution < 1.29 is 9.53 Å². The van der Waals surface area contributed by atoms with E-state index >= 15 is 0 Å². The standard InChI is InChI=1S/C17H28N4O2/c1-15(13-20-7-6-18-14-20)19-16(22)12-17(4-2-3-5-17)21-8-10-23-11-9-21/h6-7,14-15H,2-5,8-13H2,1H3,(H,19,22)/t15-/m1/s1. The number of ether oxygens (including phenoxy) is 1. The van der Waals surface area contributed by atoms with E-state index in [-0.39, 0.29) is 17.5 Å². The topological polar surface area (TPSA) is 59.4 Å². The van der Waals surface area contributed by atoms with Crippen LogP contribution in [0.15, 0.2) is 18.7 Å². The van der Waals surface area contributed by atoms with Gasteiger partial charge in [0.15, 0.2) is 0 Å². The number of nitrogens with zero attached hydrogens (tertiary/aromatic N) is 3. The van der Waals surface area contributed by atoms with Crippen molar-refractivity contribution in [3.63, 3.8) is 0 Å². The fraction of sp³-hybridized carbons (Fsp3) is 0.765. The van der Waals surface area contributed by atoms with Crippen LogP contribution < -0.4 is 5.32 Å². The SMILES string of the molecule is C[C@H](Cn1ccnc1)NC(=O)CC1(N2CCOCC2)CCCC1. The van der Waals surface area contributed by atoms with Crippen molar-refractivity contribution in [3.05, 3.63) is 18.7 Å². The molecular weight excluding hydrogens is 292 g/mol. The summed E-state index contributed by atoms with van der Waals surface area (Å²) in [6.45, 7) is 6.31. The number of hydrogen-bond acceptors (Lipinski definition) is 4. The van der Waals surface area contributed by atoms with E-state index in [9.17, 15) is 4.79 Å². The number of amides is 1. The van der Waals surface area contributed by atoms with Crippen LogP contribution in [-0.2, 0) is 16.1 Å². The Labute approximate surface area is 138 Å². The van der Waals surface area contributed by atoms with E-state index in [0.29, 0.717) is 6.42 Å². The zero-order chi connectivity index (χ0) is 16.1. The molecule has 1 aromatic rings. The highest BCUT2D eigenvalue weighted by atomic mass is 16.5. The highest BCUT2D eigenvalue weighted by Gasteiger charge is 2.41. The summed E-state index contributed by atoms with van der Waals surface area (Å²) in [6.07, 6.45) is 10.8. The van der Waals surface area contributed by atoms with Crippen LogP contribution in [-0.4, -0.2) is 58.2 Å². The summed E-state index contributed by atoms with van der Waals surface area (Å²) in [6, 6.07) is 0.111. The third-order valence-corrected chi connectivity index (χ3v) is 5.16. The molecule has 6 heteroatoms. The molecule has 1 amide bonds. The lowest BCUT2D eigenvalue weighted by atomic mass is 9.89. The van der Waals surface area contributed by atoms with Gasteiger partial charge < -0.3 is 14.6 Å². The predicted molar refractivity (Wildman–Crippen MR) is 88.0 cm³/mol. The van der Waals surface area contributed by atoms with Gasteiger partial charge in [0.05, 0.1) is 19.5 Å². The van der Waals surface area contributed by atoms with Crippen LogP contribution >= 0.6 is 0 Å². The van der Waals surface area contributed by atoms with Crippen molar-refractivity contribution in [2.24, 2.45) is 0 Å². The number of carbonyl (C=O) groups is 1. The molecule has 0 unspecified atom stereocenters. The molecule has 6 nitrogen and oxygen atoms in total. The summed E-state index contributed by atoms with van der Waals surface area (Å²) in [5.41, 5.74) is 0.0581. The number of nitrogens with one attached hydrogen (secondary N) is 1. The van der Waals surface area contributed by atoms with Crippen LogP contribution in [0.3, 0.4) is 0 Å². The number of morpholine rings is 1. The monoisotopic (exact) mass is 320 g/mol. The molecular formula is C17H28N4O2. The number of carbonyl (C=O) groups excluding carboxylic acids is 1. The highest BCUT2D eigenvalue weighted by molar-refractivity contribution is 5.77. The molecule has 2 heterocycles. The Balaban J connectivity index is 1.55. The van der Waals surface area contributed by atoms with Gasteiger partial charge in [0.25, 0.3) is 0 Å². The molecule has 3 rings (SSSR count). The molecule has 0 radical (unpaired) electrons. The van der Waals surface area contributed by atoms with Crippen molar-refractivity contribution in [1.29, 1.82) is 0 Å².